The van der Waals surface area contributed by atoms with Crippen LogP contribution < -0.4 is 15.1 Å². The van der Waals surface area contributed by atoms with Gasteiger partial charge in [-0.25, -0.2) is 0 Å². The van der Waals surface area contributed by atoms with Crippen molar-refractivity contribution in [3.05, 3.63) is 107 Å². The minimum Gasteiger partial charge on any atom is -0.370 e. The van der Waals surface area contributed by atoms with Gasteiger partial charge in [-0.3, -0.25) is 4.98 Å². The van der Waals surface area contributed by atoms with Crippen molar-refractivity contribution in [2.24, 2.45) is 11.8 Å². The molecule has 5 nitrogen and oxygen atoms in total. The number of aromatic nitrogens is 2. The van der Waals surface area contributed by atoms with Crippen molar-refractivity contribution in [3.8, 4) is 5.69 Å². The third-order valence-corrected chi connectivity index (χ3v) is 8.53. The summed E-state index contributed by atoms with van der Waals surface area (Å²) in [5.74, 6) is 1.30. The van der Waals surface area contributed by atoms with E-state index in [4.69, 9.17) is 28.8 Å². The number of halogens is 1. The van der Waals surface area contributed by atoms with E-state index in [9.17, 15) is 0 Å². The first kappa shape index (κ1) is 25.9. The number of nitrogens with one attached hydrogen (secondary N) is 1. The SMILES string of the molecule is Cc1ccc(-n2cccc2[C@@H]2[C@H](c3ccccn3)NC(=S)N2c2ccc(N3C[C@H](C)C[C@@H](C)C3)c(Cl)c2)cc1. The summed E-state index contributed by atoms with van der Waals surface area (Å²) < 4.78 is 2.25. The van der Waals surface area contributed by atoms with Crippen LogP contribution in [0.4, 0.5) is 11.4 Å². The third kappa shape index (κ3) is 5.04. The van der Waals surface area contributed by atoms with E-state index < -0.39 is 0 Å². The van der Waals surface area contributed by atoms with Crippen molar-refractivity contribution in [2.75, 3.05) is 22.9 Å². The molecule has 6 rings (SSSR count). The first-order chi connectivity index (χ1) is 18.9. The van der Waals surface area contributed by atoms with Crippen molar-refractivity contribution in [1.29, 1.82) is 0 Å². The van der Waals surface area contributed by atoms with Crippen LogP contribution >= 0.6 is 23.8 Å². The van der Waals surface area contributed by atoms with Gasteiger partial charge in [-0.2, -0.15) is 0 Å². The number of pyridine rings is 1. The molecule has 0 spiro atoms. The Balaban J connectivity index is 1.42. The zero-order chi connectivity index (χ0) is 27.1. The largest absolute Gasteiger partial charge is 0.370 e. The van der Waals surface area contributed by atoms with Gasteiger partial charge >= 0.3 is 0 Å². The van der Waals surface area contributed by atoms with E-state index in [1.54, 1.807) is 0 Å². The zero-order valence-electron chi connectivity index (χ0n) is 22.6. The fourth-order valence-electron chi connectivity index (χ4n) is 6.27. The summed E-state index contributed by atoms with van der Waals surface area (Å²) in [6.07, 6.45) is 5.21. The molecule has 4 aromatic rings. The van der Waals surface area contributed by atoms with Crippen molar-refractivity contribution in [1.82, 2.24) is 14.9 Å². The van der Waals surface area contributed by atoms with Gasteiger partial charge in [0, 0.05) is 42.6 Å². The Hall–Kier alpha value is -3.35. The summed E-state index contributed by atoms with van der Waals surface area (Å²) >= 11 is 13.0. The van der Waals surface area contributed by atoms with Gasteiger partial charge in [0.15, 0.2) is 5.11 Å². The van der Waals surface area contributed by atoms with Gasteiger partial charge in [-0.1, -0.05) is 49.2 Å². The second-order valence-corrected chi connectivity index (χ2v) is 11.9. The minimum atomic E-state index is -0.125. The maximum Gasteiger partial charge on any atom is 0.174 e. The quantitative estimate of drug-likeness (QED) is 0.258. The molecule has 7 heteroatoms. The molecule has 4 heterocycles. The Bertz CT molecular complexity index is 1460. The average molecular weight is 556 g/mol. The second-order valence-electron chi connectivity index (χ2n) is 11.1. The van der Waals surface area contributed by atoms with E-state index in [1.165, 1.54) is 12.0 Å². The van der Waals surface area contributed by atoms with E-state index in [0.29, 0.717) is 16.9 Å². The number of piperidine rings is 1. The normalized spacial score (nSPS) is 23.2. The predicted octanol–water partition coefficient (Wildman–Crippen LogP) is 7.49. The monoisotopic (exact) mass is 555 g/mol. The Kier molecular flexibility index (Phi) is 7.08. The number of anilines is 2. The molecular weight excluding hydrogens is 522 g/mol. The highest BCUT2D eigenvalue weighted by Crippen LogP contribution is 2.44. The van der Waals surface area contributed by atoms with Crippen LogP contribution in [0.25, 0.3) is 5.69 Å². The highest BCUT2D eigenvalue weighted by molar-refractivity contribution is 7.80. The second kappa shape index (κ2) is 10.7. The Morgan fingerprint density at radius 3 is 2.36 bits per heavy atom. The number of nitrogens with zero attached hydrogens (tertiary/aromatic N) is 4. The number of aryl methyl sites for hydroxylation is 1. The van der Waals surface area contributed by atoms with Crippen LogP contribution in [0.15, 0.2) is 85.2 Å². The van der Waals surface area contributed by atoms with Gasteiger partial charge in [-0.15, -0.1) is 0 Å². The summed E-state index contributed by atoms with van der Waals surface area (Å²) in [6, 6.07) is 25.1. The van der Waals surface area contributed by atoms with Crippen LogP contribution in [0.2, 0.25) is 5.02 Å². The summed E-state index contributed by atoms with van der Waals surface area (Å²) in [5, 5.41) is 5.00. The molecule has 2 aromatic carbocycles. The number of hydrogen-bond donors (Lipinski definition) is 1. The van der Waals surface area contributed by atoms with Crippen molar-refractivity contribution < 1.29 is 0 Å². The van der Waals surface area contributed by atoms with Crippen LogP contribution in [0, 0.1) is 18.8 Å². The van der Waals surface area contributed by atoms with Gasteiger partial charge < -0.3 is 19.7 Å². The predicted molar refractivity (Wildman–Crippen MR) is 165 cm³/mol. The molecule has 0 unspecified atom stereocenters. The highest BCUT2D eigenvalue weighted by atomic mass is 35.5. The molecule has 0 saturated carbocycles. The molecule has 2 saturated heterocycles. The summed E-state index contributed by atoms with van der Waals surface area (Å²) in [6.45, 7) is 8.82. The summed E-state index contributed by atoms with van der Waals surface area (Å²) in [5.41, 5.74) is 6.48. The summed E-state index contributed by atoms with van der Waals surface area (Å²) in [7, 11) is 0. The number of hydrogen-bond acceptors (Lipinski definition) is 3. The lowest BCUT2D eigenvalue weighted by Crippen LogP contribution is -2.38. The maximum absolute atomic E-state index is 7.00. The molecule has 0 aliphatic carbocycles. The van der Waals surface area contributed by atoms with E-state index in [2.05, 4.69) is 107 Å². The average Bonchev–Trinajstić information content (AvgIpc) is 3.53. The molecule has 2 aromatic heterocycles. The molecule has 0 bridgehead atoms. The first-order valence-corrected chi connectivity index (χ1v) is 14.5. The smallest absolute Gasteiger partial charge is 0.174 e. The molecule has 1 N–H and O–H groups in total. The lowest BCUT2D eigenvalue weighted by molar-refractivity contribution is 0.357. The van der Waals surface area contributed by atoms with Gasteiger partial charge in [0.2, 0.25) is 0 Å². The zero-order valence-corrected chi connectivity index (χ0v) is 24.2. The first-order valence-electron chi connectivity index (χ1n) is 13.7. The van der Waals surface area contributed by atoms with Crippen LogP contribution in [-0.2, 0) is 0 Å². The molecule has 39 heavy (non-hydrogen) atoms. The molecule has 4 atom stereocenters. The molecule has 2 aliphatic heterocycles. The van der Waals surface area contributed by atoms with Crippen LogP contribution in [0.1, 0.15) is 49.3 Å². The fourth-order valence-corrected chi connectivity index (χ4v) is 6.91. The van der Waals surface area contributed by atoms with E-state index in [0.717, 1.165) is 46.6 Å². The molecule has 200 valence electrons. The van der Waals surface area contributed by atoms with Crippen molar-refractivity contribution >= 4 is 40.3 Å². The van der Waals surface area contributed by atoms with Gasteiger partial charge in [0.25, 0.3) is 0 Å². The molecule has 0 amide bonds. The van der Waals surface area contributed by atoms with Crippen molar-refractivity contribution in [3.63, 3.8) is 0 Å². The minimum absolute atomic E-state index is 0.124. The van der Waals surface area contributed by atoms with E-state index >= 15 is 0 Å². The fraction of sp³-hybridized carbons (Fsp3) is 0.312. The molecule has 0 radical (unpaired) electrons. The van der Waals surface area contributed by atoms with Gasteiger partial charge in [-0.05, 0) is 92.0 Å². The standard InChI is InChI=1S/C32H34ClN5S/c1-21-9-11-24(12-10-21)37-16-6-8-29(37)31-30(27-7-4-5-15-34-27)35-32(39)38(31)25-13-14-28(26(33)18-25)36-19-22(2)17-23(3)20-36/h4-16,18,22-23,30-31H,17,19-20H2,1-3H3,(H,35,39)/t22-,23-,30+,31-/m1/s1. The third-order valence-electron chi connectivity index (χ3n) is 7.91. The van der Waals surface area contributed by atoms with Crippen LogP contribution in [0.3, 0.4) is 0 Å². The molecule has 2 fully saturated rings. The Morgan fingerprint density at radius 1 is 0.923 bits per heavy atom. The Labute approximate surface area is 241 Å². The number of rotatable bonds is 5. The molecule has 2 aliphatic rings. The topological polar surface area (TPSA) is 36.3 Å². The number of benzene rings is 2. The Morgan fingerprint density at radius 2 is 1.67 bits per heavy atom. The lowest BCUT2D eigenvalue weighted by atomic mass is 9.91. The summed E-state index contributed by atoms with van der Waals surface area (Å²) in [4.78, 5) is 9.35. The van der Waals surface area contributed by atoms with Crippen molar-refractivity contribution in [2.45, 2.75) is 39.3 Å². The highest BCUT2D eigenvalue weighted by Gasteiger charge is 2.42. The maximum atomic E-state index is 7.00. The molecular formula is C32H34ClN5S. The van der Waals surface area contributed by atoms with E-state index in [1.807, 2.05) is 18.3 Å². The van der Waals surface area contributed by atoms with Gasteiger partial charge in [0.05, 0.1) is 22.4 Å². The van der Waals surface area contributed by atoms with Crippen LogP contribution in [0.5, 0.6) is 0 Å². The lowest BCUT2D eigenvalue weighted by Gasteiger charge is -2.37. The van der Waals surface area contributed by atoms with Crippen LogP contribution in [-0.4, -0.2) is 27.8 Å². The van der Waals surface area contributed by atoms with Gasteiger partial charge in [0.1, 0.15) is 6.04 Å². The van der Waals surface area contributed by atoms with E-state index in [-0.39, 0.29) is 12.1 Å². The number of thiocarbonyl (C=S) groups is 1.